The van der Waals surface area contributed by atoms with Crippen molar-refractivity contribution in [3.8, 4) is 0 Å². The predicted octanol–water partition coefficient (Wildman–Crippen LogP) is 2.35. The molecule has 0 atom stereocenters. The summed E-state index contributed by atoms with van der Waals surface area (Å²) in [5.41, 5.74) is 3.81. The molecule has 0 radical (unpaired) electrons. The van der Waals surface area contributed by atoms with Gasteiger partial charge in [-0.2, -0.15) is 16.9 Å². The van der Waals surface area contributed by atoms with Gasteiger partial charge in [-0.05, 0) is 37.7 Å². The van der Waals surface area contributed by atoms with Gasteiger partial charge in [0.1, 0.15) is 0 Å². The number of aliphatic imine (C=N–C) groups is 1. The summed E-state index contributed by atoms with van der Waals surface area (Å²) in [6.45, 7) is 6.09. The molecule has 6 heteroatoms. The Morgan fingerprint density at radius 1 is 1.23 bits per heavy atom. The first-order chi connectivity index (χ1) is 10.7. The van der Waals surface area contributed by atoms with Crippen molar-refractivity contribution >= 4 is 17.7 Å². The number of hydrogen-bond donors (Lipinski definition) is 2. The van der Waals surface area contributed by atoms with E-state index in [1.165, 1.54) is 35.5 Å². The molecule has 1 heterocycles. The van der Waals surface area contributed by atoms with Gasteiger partial charge in [0.05, 0.1) is 5.69 Å². The molecule has 0 aromatic carbocycles. The SMILES string of the molecule is CCc1nn(C)c(CC)c1CNC(=NC)NCCCCSC. The Labute approximate surface area is 139 Å². The molecule has 5 nitrogen and oxygen atoms in total. The van der Waals surface area contributed by atoms with Crippen LogP contribution in [0.1, 0.15) is 43.6 Å². The number of aromatic nitrogens is 2. The zero-order chi connectivity index (χ0) is 16.4. The number of nitrogens with one attached hydrogen (secondary N) is 2. The number of thioether (sulfide) groups is 1. The van der Waals surface area contributed by atoms with E-state index >= 15 is 0 Å². The van der Waals surface area contributed by atoms with Crippen LogP contribution in [0.4, 0.5) is 0 Å². The van der Waals surface area contributed by atoms with E-state index in [1.807, 2.05) is 30.5 Å². The molecule has 0 spiro atoms. The van der Waals surface area contributed by atoms with Crippen molar-refractivity contribution in [1.29, 1.82) is 0 Å². The van der Waals surface area contributed by atoms with E-state index in [0.717, 1.165) is 31.9 Å². The second kappa shape index (κ2) is 10.5. The van der Waals surface area contributed by atoms with Crippen LogP contribution in [0.15, 0.2) is 4.99 Å². The number of nitrogens with zero attached hydrogens (tertiary/aromatic N) is 3. The van der Waals surface area contributed by atoms with Crippen LogP contribution in [0.2, 0.25) is 0 Å². The molecular weight excluding hydrogens is 294 g/mol. The normalized spacial score (nSPS) is 11.8. The number of hydrogen-bond acceptors (Lipinski definition) is 3. The molecule has 0 bridgehead atoms. The third-order valence-corrected chi connectivity index (χ3v) is 4.45. The highest BCUT2D eigenvalue weighted by Crippen LogP contribution is 2.15. The standard InChI is InChI=1S/C16H31N5S/c1-6-14-13(15(7-2)21(4)20-14)12-19-16(17-3)18-10-8-9-11-22-5/h6-12H2,1-5H3,(H2,17,18,19). The number of rotatable bonds is 9. The van der Waals surface area contributed by atoms with Crippen LogP contribution in [0.3, 0.4) is 0 Å². The van der Waals surface area contributed by atoms with Crippen LogP contribution in [-0.4, -0.2) is 41.3 Å². The molecule has 126 valence electrons. The molecule has 1 aromatic rings. The maximum atomic E-state index is 4.61. The van der Waals surface area contributed by atoms with E-state index in [0.29, 0.717) is 0 Å². The Kier molecular flexibility index (Phi) is 9.04. The summed E-state index contributed by atoms with van der Waals surface area (Å²) >= 11 is 1.90. The summed E-state index contributed by atoms with van der Waals surface area (Å²) in [4.78, 5) is 4.30. The Morgan fingerprint density at radius 3 is 2.59 bits per heavy atom. The van der Waals surface area contributed by atoms with E-state index in [4.69, 9.17) is 0 Å². The minimum absolute atomic E-state index is 0.782. The fourth-order valence-electron chi connectivity index (χ4n) is 2.56. The highest BCUT2D eigenvalue weighted by molar-refractivity contribution is 7.98. The van der Waals surface area contributed by atoms with Crippen molar-refractivity contribution in [2.24, 2.45) is 12.0 Å². The van der Waals surface area contributed by atoms with E-state index < -0.39 is 0 Å². The van der Waals surface area contributed by atoms with Crippen molar-refractivity contribution in [3.63, 3.8) is 0 Å². The van der Waals surface area contributed by atoms with Gasteiger partial charge < -0.3 is 10.6 Å². The average molecular weight is 326 g/mol. The number of unbranched alkanes of at least 4 members (excludes halogenated alkanes) is 1. The van der Waals surface area contributed by atoms with Crippen molar-refractivity contribution in [1.82, 2.24) is 20.4 Å². The fourth-order valence-corrected chi connectivity index (χ4v) is 3.06. The lowest BCUT2D eigenvalue weighted by atomic mass is 10.1. The van der Waals surface area contributed by atoms with Crippen molar-refractivity contribution in [2.45, 2.75) is 46.1 Å². The zero-order valence-corrected chi connectivity index (χ0v) is 15.5. The smallest absolute Gasteiger partial charge is 0.191 e. The number of guanidine groups is 1. The molecule has 1 rings (SSSR count). The first-order valence-electron chi connectivity index (χ1n) is 8.14. The summed E-state index contributed by atoms with van der Waals surface area (Å²) in [6.07, 6.45) is 6.54. The highest BCUT2D eigenvalue weighted by Gasteiger charge is 2.13. The van der Waals surface area contributed by atoms with E-state index in [2.05, 4.69) is 40.8 Å². The Bertz CT molecular complexity index is 467. The first kappa shape index (κ1) is 18.9. The first-order valence-corrected chi connectivity index (χ1v) is 9.54. The maximum Gasteiger partial charge on any atom is 0.191 e. The van der Waals surface area contributed by atoms with E-state index in [1.54, 1.807) is 0 Å². The molecule has 0 unspecified atom stereocenters. The molecule has 0 amide bonds. The van der Waals surface area contributed by atoms with Gasteiger partial charge in [0, 0.05) is 38.4 Å². The third kappa shape index (κ3) is 5.55. The van der Waals surface area contributed by atoms with Crippen LogP contribution in [0.25, 0.3) is 0 Å². The third-order valence-electron chi connectivity index (χ3n) is 3.75. The van der Waals surface area contributed by atoms with Gasteiger partial charge in [-0.3, -0.25) is 9.67 Å². The molecule has 1 aromatic heterocycles. The summed E-state index contributed by atoms with van der Waals surface area (Å²) in [7, 11) is 3.85. The maximum absolute atomic E-state index is 4.61. The van der Waals surface area contributed by atoms with Gasteiger partial charge >= 0.3 is 0 Å². The molecule has 2 N–H and O–H groups in total. The van der Waals surface area contributed by atoms with Crippen LogP contribution < -0.4 is 10.6 Å². The van der Waals surface area contributed by atoms with Gasteiger partial charge in [-0.15, -0.1) is 0 Å². The summed E-state index contributed by atoms with van der Waals surface area (Å²) in [5, 5.41) is 11.4. The Hall–Kier alpha value is -1.17. The van der Waals surface area contributed by atoms with Gasteiger partial charge in [-0.25, -0.2) is 0 Å². The predicted molar refractivity (Wildman–Crippen MR) is 97.8 cm³/mol. The Morgan fingerprint density at radius 2 is 2.00 bits per heavy atom. The fraction of sp³-hybridized carbons (Fsp3) is 0.750. The second-order valence-corrected chi connectivity index (χ2v) is 6.24. The van der Waals surface area contributed by atoms with Crippen LogP contribution in [-0.2, 0) is 26.4 Å². The number of aryl methyl sites for hydroxylation is 2. The molecule has 0 aliphatic carbocycles. The lowest BCUT2D eigenvalue weighted by Crippen LogP contribution is -2.37. The Balaban J connectivity index is 2.53. The van der Waals surface area contributed by atoms with Crippen molar-refractivity contribution in [3.05, 3.63) is 17.0 Å². The quantitative estimate of drug-likeness (QED) is 0.416. The van der Waals surface area contributed by atoms with Gasteiger partial charge in [-0.1, -0.05) is 13.8 Å². The van der Waals surface area contributed by atoms with Crippen molar-refractivity contribution in [2.75, 3.05) is 25.6 Å². The highest BCUT2D eigenvalue weighted by atomic mass is 32.2. The summed E-state index contributed by atoms with van der Waals surface area (Å²) in [5.74, 6) is 2.10. The molecule has 0 saturated heterocycles. The lowest BCUT2D eigenvalue weighted by molar-refractivity contribution is 0.701. The summed E-state index contributed by atoms with van der Waals surface area (Å²) < 4.78 is 2.01. The molecule has 0 fully saturated rings. The van der Waals surface area contributed by atoms with Crippen molar-refractivity contribution < 1.29 is 0 Å². The molecule has 0 aliphatic rings. The van der Waals surface area contributed by atoms with Crippen LogP contribution >= 0.6 is 11.8 Å². The average Bonchev–Trinajstić information content (AvgIpc) is 2.85. The second-order valence-electron chi connectivity index (χ2n) is 5.26. The minimum Gasteiger partial charge on any atom is -0.356 e. The van der Waals surface area contributed by atoms with Gasteiger partial charge in [0.2, 0.25) is 0 Å². The lowest BCUT2D eigenvalue weighted by Gasteiger charge is -2.12. The molecular formula is C16H31N5S. The monoisotopic (exact) mass is 325 g/mol. The van der Waals surface area contributed by atoms with Crippen LogP contribution in [0, 0.1) is 0 Å². The molecule has 22 heavy (non-hydrogen) atoms. The van der Waals surface area contributed by atoms with Gasteiger partial charge in [0.15, 0.2) is 5.96 Å². The largest absolute Gasteiger partial charge is 0.356 e. The van der Waals surface area contributed by atoms with Crippen LogP contribution in [0.5, 0.6) is 0 Å². The van der Waals surface area contributed by atoms with E-state index in [9.17, 15) is 0 Å². The van der Waals surface area contributed by atoms with E-state index in [-0.39, 0.29) is 0 Å². The molecule has 0 saturated carbocycles. The topological polar surface area (TPSA) is 54.2 Å². The zero-order valence-electron chi connectivity index (χ0n) is 14.7. The molecule has 0 aliphatic heterocycles. The summed E-state index contributed by atoms with van der Waals surface area (Å²) in [6, 6.07) is 0. The minimum atomic E-state index is 0.782. The van der Waals surface area contributed by atoms with Gasteiger partial charge in [0.25, 0.3) is 0 Å².